The molecule has 0 bridgehead atoms. The van der Waals surface area contributed by atoms with Gasteiger partial charge in [0, 0.05) is 17.4 Å². The number of hydrogen-bond acceptors (Lipinski definition) is 2. The van der Waals surface area contributed by atoms with Gasteiger partial charge in [-0.2, -0.15) is 0 Å². The first-order valence-electron chi connectivity index (χ1n) is 4.13. The molecular weight excluding hydrogens is 187 g/mol. The van der Waals surface area contributed by atoms with E-state index in [1.165, 1.54) is 12.1 Å². The van der Waals surface area contributed by atoms with Gasteiger partial charge in [0.2, 0.25) is 0 Å². The quantitative estimate of drug-likeness (QED) is 0.757. The Kier molecular flexibility index (Phi) is 3.75. The fraction of sp³-hybridized carbons (Fsp3) is 0.400. The summed E-state index contributed by atoms with van der Waals surface area (Å²) in [5.41, 5.74) is 0.884. The van der Waals surface area contributed by atoms with Gasteiger partial charge in [-0.05, 0) is 30.0 Å². The van der Waals surface area contributed by atoms with Gasteiger partial charge in [-0.25, -0.2) is 4.39 Å². The Hall–Kier alpha value is -0.540. The van der Waals surface area contributed by atoms with E-state index >= 15 is 0 Å². The molecule has 0 saturated carbocycles. The van der Waals surface area contributed by atoms with Crippen LogP contribution in [0, 0.1) is 5.82 Å². The highest BCUT2D eigenvalue weighted by atomic mass is 32.2. The lowest BCUT2D eigenvalue weighted by Gasteiger charge is -2.12. The number of hydrogen-bond donors (Lipinski definition) is 1. The van der Waals surface area contributed by atoms with E-state index in [1.54, 1.807) is 17.8 Å². The Labute approximate surface area is 82.0 Å². The van der Waals surface area contributed by atoms with Crippen LogP contribution in [0.1, 0.15) is 18.4 Å². The van der Waals surface area contributed by atoms with Crippen molar-refractivity contribution in [1.29, 1.82) is 0 Å². The number of aliphatic hydroxyl groups is 1. The third-order valence-corrected chi connectivity index (χ3v) is 2.81. The van der Waals surface area contributed by atoms with Crippen LogP contribution in [0.5, 0.6) is 0 Å². The normalized spacial score (nSPS) is 12.9. The van der Waals surface area contributed by atoms with Gasteiger partial charge in [0.05, 0.1) is 0 Å². The van der Waals surface area contributed by atoms with Gasteiger partial charge in [0.25, 0.3) is 0 Å². The van der Waals surface area contributed by atoms with Crippen molar-refractivity contribution in [3.05, 3.63) is 29.6 Å². The van der Waals surface area contributed by atoms with Gasteiger partial charge in [-0.1, -0.05) is 6.92 Å². The molecule has 1 aromatic rings. The number of rotatable bonds is 3. The predicted molar refractivity (Wildman–Crippen MR) is 53.7 cm³/mol. The molecule has 3 heteroatoms. The molecule has 1 unspecified atom stereocenters. The maximum atomic E-state index is 12.9. The van der Waals surface area contributed by atoms with E-state index in [-0.39, 0.29) is 18.3 Å². The fourth-order valence-electron chi connectivity index (χ4n) is 1.19. The molecule has 0 aliphatic carbocycles. The fourth-order valence-corrected chi connectivity index (χ4v) is 1.89. The number of thioether (sulfide) groups is 1. The van der Waals surface area contributed by atoms with Crippen molar-refractivity contribution in [2.24, 2.45) is 0 Å². The molecule has 0 saturated heterocycles. The summed E-state index contributed by atoms with van der Waals surface area (Å²) in [6.45, 7) is 1.94. The Morgan fingerprint density at radius 2 is 2.23 bits per heavy atom. The molecule has 0 amide bonds. The molecule has 13 heavy (non-hydrogen) atoms. The van der Waals surface area contributed by atoms with Crippen LogP contribution in [0.2, 0.25) is 0 Å². The molecule has 1 nitrogen and oxygen atoms in total. The zero-order chi connectivity index (χ0) is 9.84. The second-order valence-electron chi connectivity index (χ2n) is 2.97. The van der Waals surface area contributed by atoms with Crippen LogP contribution in [0.3, 0.4) is 0 Å². The van der Waals surface area contributed by atoms with Crippen molar-refractivity contribution in [2.75, 3.05) is 12.9 Å². The largest absolute Gasteiger partial charge is 0.396 e. The van der Waals surface area contributed by atoms with E-state index in [4.69, 9.17) is 5.11 Å². The van der Waals surface area contributed by atoms with Gasteiger partial charge in [0.1, 0.15) is 5.82 Å². The van der Waals surface area contributed by atoms with Crippen LogP contribution in [-0.4, -0.2) is 18.0 Å². The number of halogens is 1. The summed E-state index contributed by atoms with van der Waals surface area (Å²) in [7, 11) is 0. The average molecular weight is 200 g/mol. The lowest BCUT2D eigenvalue weighted by Crippen LogP contribution is -2.01. The molecule has 0 radical (unpaired) electrons. The summed E-state index contributed by atoms with van der Waals surface area (Å²) in [4.78, 5) is 1.03. The zero-order valence-electron chi connectivity index (χ0n) is 7.75. The summed E-state index contributed by atoms with van der Waals surface area (Å²) in [6, 6.07) is 4.69. The SMILES string of the molecule is CSc1ccc(F)cc1C(C)CO. The molecule has 1 atom stereocenters. The van der Waals surface area contributed by atoms with Crippen LogP contribution < -0.4 is 0 Å². The average Bonchev–Trinajstić information content (AvgIpc) is 2.16. The van der Waals surface area contributed by atoms with Crippen molar-refractivity contribution >= 4 is 11.8 Å². The summed E-state index contributed by atoms with van der Waals surface area (Å²) in [5, 5.41) is 8.97. The minimum absolute atomic E-state index is 0.00171. The van der Waals surface area contributed by atoms with E-state index < -0.39 is 0 Å². The van der Waals surface area contributed by atoms with Gasteiger partial charge < -0.3 is 5.11 Å². The Bertz CT molecular complexity index is 288. The number of aliphatic hydroxyl groups excluding tert-OH is 1. The van der Waals surface area contributed by atoms with Gasteiger partial charge >= 0.3 is 0 Å². The van der Waals surface area contributed by atoms with Crippen LogP contribution in [0.25, 0.3) is 0 Å². The smallest absolute Gasteiger partial charge is 0.123 e. The topological polar surface area (TPSA) is 20.2 Å². The maximum absolute atomic E-state index is 12.9. The summed E-state index contributed by atoms with van der Waals surface area (Å²) < 4.78 is 12.9. The molecule has 1 aromatic carbocycles. The zero-order valence-corrected chi connectivity index (χ0v) is 8.57. The first kappa shape index (κ1) is 10.5. The minimum atomic E-state index is -0.243. The van der Waals surface area contributed by atoms with Gasteiger partial charge in [0.15, 0.2) is 0 Å². The van der Waals surface area contributed by atoms with Gasteiger partial charge in [-0.3, -0.25) is 0 Å². The molecule has 0 spiro atoms. The lowest BCUT2D eigenvalue weighted by molar-refractivity contribution is 0.271. The van der Waals surface area contributed by atoms with Crippen LogP contribution >= 0.6 is 11.8 Å². The molecule has 0 fully saturated rings. The monoisotopic (exact) mass is 200 g/mol. The molecular formula is C10H13FOS. The maximum Gasteiger partial charge on any atom is 0.123 e. The van der Waals surface area contributed by atoms with Crippen molar-refractivity contribution in [2.45, 2.75) is 17.7 Å². The van der Waals surface area contributed by atoms with E-state index in [1.807, 2.05) is 13.2 Å². The molecule has 0 heterocycles. The summed E-state index contributed by atoms with van der Waals surface area (Å²) >= 11 is 1.57. The van der Waals surface area contributed by atoms with Crippen LogP contribution in [-0.2, 0) is 0 Å². The summed E-state index contributed by atoms with van der Waals surface area (Å²) in [6.07, 6.45) is 1.95. The second kappa shape index (κ2) is 4.63. The van der Waals surface area contributed by atoms with E-state index in [2.05, 4.69) is 0 Å². The second-order valence-corrected chi connectivity index (χ2v) is 3.82. The Morgan fingerprint density at radius 1 is 1.54 bits per heavy atom. The first-order chi connectivity index (χ1) is 6.19. The van der Waals surface area contributed by atoms with Crippen molar-refractivity contribution in [3.63, 3.8) is 0 Å². The van der Waals surface area contributed by atoms with Crippen molar-refractivity contribution < 1.29 is 9.50 Å². The number of benzene rings is 1. The molecule has 0 aromatic heterocycles. The summed E-state index contributed by atoms with van der Waals surface area (Å²) in [5.74, 6) is -0.244. The van der Waals surface area contributed by atoms with Crippen LogP contribution in [0.4, 0.5) is 4.39 Å². The van der Waals surface area contributed by atoms with E-state index in [0.29, 0.717) is 0 Å². The molecule has 1 N–H and O–H groups in total. The Morgan fingerprint density at radius 3 is 2.77 bits per heavy atom. The van der Waals surface area contributed by atoms with Crippen LogP contribution in [0.15, 0.2) is 23.1 Å². The Balaban J connectivity index is 3.07. The third-order valence-electron chi connectivity index (χ3n) is 2.00. The van der Waals surface area contributed by atoms with Crippen molar-refractivity contribution in [3.8, 4) is 0 Å². The standard InChI is InChI=1S/C10H13FOS/c1-7(6-12)9-5-8(11)3-4-10(9)13-2/h3-5,7,12H,6H2,1-2H3. The highest BCUT2D eigenvalue weighted by Gasteiger charge is 2.09. The highest BCUT2D eigenvalue weighted by Crippen LogP contribution is 2.27. The van der Waals surface area contributed by atoms with Gasteiger partial charge in [-0.15, -0.1) is 11.8 Å². The first-order valence-corrected chi connectivity index (χ1v) is 5.35. The lowest BCUT2D eigenvalue weighted by atomic mass is 10.0. The molecule has 72 valence electrons. The van der Waals surface area contributed by atoms with Crippen molar-refractivity contribution in [1.82, 2.24) is 0 Å². The molecule has 0 aliphatic heterocycles. The third kappa shape index (κ3) is 2.45. The highest BCUT2D eigenvalue weighted by molar-refractivity contribution is 7.98. The van der Waals surface area contributed by atoms with E-state index in [9.17, 15) is 4.39 Å². The molecule has 1 rings (SSSR count). The predicted octanol–water partition coefficient (Wildman–Crippen LogP) is 2.64. The molecule has 0 aliphatic rings. The minimum Gasteiger partial charge on any atom is -0.396 e. The van der Waals surface area contributed by atoms with E-state index in [0.717, 1.165) is 10.5 Å².